The number of H-pyrrole nitrogens is 1. The van der Waals surface area contributed by atoms with Gasteiger partial charge in [0.1, 0.15) is 12.2 Å². The molecule has 0 aliphatic carbocycles. The van der Waals surface area contributed by atoms with Crippen LogP contribution in [-0.2, 0) is 25.2 Å². The summed E-state index contributed by atoms with van der Waals surface area (Å²) in [4.78, 5) is 34.9. The molecule has 1 aliphatic rings. The van der Waals surface area contributed by atoms with Crippen LogP contribution < -0.4 is 11.2 Å². The molecule has 10 nitrogen and oxygen atoms in total. The molecule has 0 amide bonds. The summed E-state index contributed by atoms with van der Waals surface area (Å²) in [5.41, 5.74) is -1.43. The average Bonchev–Trinajstić information content (AvgIpc) is 2.74. The van der Waals surface area contributed by atoms with Crippen LogP contribution in [0.2, 0.25) is 0 Å². The Morgan fingerprint density at radius 1 is 1.50 bits per heavy atom. The van der Waals surface area contributed by atoms with Gasteiger partial charge in [-0.1, -0.05) is 0 Å². The first kappa shape index (κ1) is 16.8. The second-order valence-corrected chi connectivity index (χ2v) is 4.56. The number of aliphatic hydroxyl groups is 2. The molecule has 2 rings (SSSR count). The number of aromatic nitrogens is 2. The van der Waals surface area contributed by atoms with Crippen molar-refractivity contribution >= 4 is 0 Å². The molecular weight excluding hydrogens is 300 g/mol. The predicted molar refractivity (Wildman–Crippen MR) is 70.8 cm³/mol. The minimum Gasteiger partial charge on any atom is -0.394 e. The predicted octanol–water partition coefficient (Wildman–Crippen LogP) is -2.12. The van der Waals surface area contributed by atoms with Crippen molar-refractivity contribution in [2.24, 2.45) is 0 Å². The molecule has 0 aromatic carbocycles. The van der Waals surface area contributed by atoms with Gasteiger partial charge in [0.15, 0.2) is 6.10 Å². The van der Waals surface area contributed by atoms with Gasteiger partial charge < -0.3 is 19.7 Å². The first-order chi connectivity index (χ1) is 10.5. The smallest absolute Gasteiger partial charge is 0.332 e. The molecule has 1 fully saturated rings. The molecule has 1 aromatic rings. The van der Waals surface area contributed by atoms with Gasteiger partial charge >= 0.3 is 5.69 Å². The standard InChI is InChI=1S/C12H18N2O8/c1-3-20-12(14-5-4-8(16)13-11(14)18)10(22-19-2)9(17)7(6-15)21-12/h4-5,7,9-10,15,17H,3,6H2,1-2H3,(H,13,16,18)/t7-,9-,10-,12-/m1/s1. The fraction of sp³-hybridized carbons (Fsp3) is 0.667. The van der Waals surface area contributed by atoms with E-state index in [2.05, 4.69) is 9.87 Å². The van der Waals surface area contributed by atoms with Crippen molar-refractivity contribution in [1.82, 2.24) is 9.55 Å². The second-order valence-electron chi connectivity index (χ2n) is 4.56. The number of aliphatic hydroxyl groups excluding tert-OH is 2. The summed E-state index contributed by atoms with van der Waals surface area (Å²) in [6.45, 7) is 1.21. The van der Waals surface area contributed by atoms with Crippen LogP contribution in [0.4, 0.5) is 0 Å². The number of nitrogens with one attached hydrogen (secondary N) is 1. The normalized spacial score (nSPS) is 31.5. The van der Waals surface area contributed by atoms with Gasteiger partial charge in [-0.2, -0.15) is 0 Å². The van der Waals surface area contributed by atoms with Crippen LogP contribution >= 0.6 is 0 Å². The van der Waals surface area contributed by atoms with E-state index in [4.69, 9.17) is 14.4 Å². The summed E-state index contributed by atoms with van der Waals surface area (Å²) in [7, 11) is 1.21. The lowest BCUT2D eigenvalue weighted by Crippen LogP contribution is -2.54. The van der Waals surface area contributed by atoms with Crippen LogP contribution in [0.3, 0.4) is 0 Å². The third-order valence-electron chi connectivity index (χ3n) is 3.26. The van der Waals surface area contributed by atoms with Gasteiger partial charge in [-0.05, 0) is 6.92 Å². The second kappa shape index (κ2) is 6.69. The quantitative estimate of drug-likeness (QED) is 0.401. The van der Waals surface area contributed by atoms with Crippen LogP contribution in [0.5, 0.6) is 0 Å². The van der Waals surface area contributed by atoms with E-state index in [0.717, 1.165) is 16.8 Å². The van der Waals surface area contributed by atoms with Crippen molar-refractivity contribution in [1.29, 1.82) is 0 Å². The van der Waals surface area contributed by atoms with Crippen molar-refractivity contribution in [3.8, 4) is 0 Å². The molecule has 1 aliphatic heterocycles. The lowest BCUT2D eigenvalue weighted by molar-refractivity contribution is -0.398. The largest absolute Gasteiger partial charge is 0.394 e. The zero-order valence-corrected chi connectivity index (χ0v) is 12.1. The molecule has 0 bridgehead atoms. The van der Waals surface area contributed by atoms with E-state index in [9.17, 15) is 19.8 Å². The molecule has 3 N–H and O–H groups in total. The monoisotopic (exact) mass is 318 g/mol. The third-order valence-corrected chi connectivity index (χ3v) is 3.26. The number of ether oxygens (including phenoxy) is 2. The van der Waals surface area contributed by atoms with Crippen LogP contribution in [0.25, 0.3) is 0 Å². The van der Waals surface area contributed by atoms with E-state index >= 15 is 0 Å². The Hall–Kier alpha value is -1.56. The van der Waals surface area contributed by atoms with Gasteiger partial charge in [-0.3, -0.25) is 9.78 Å². The summed E-state index contributed by atoms with van der Waals surface area (Å²) in [6.07, 6.45) is -2.51. The maximum Gasteiger partial charge on any atom is 0.332 e. The van der Waals surface area contributed by atoms with E-state index in [1.807, 2.05) is 0 Å². The maximum atomic E-state index is 12.1. The van der Waals surface area contributed by atoms with E-state index in [-0.39, 0.29) is 6.61 Å². The highest BCUT2D eigenvalue weighted by Crippen LogP contribution is 2.37. The topological polar surface area (TPSA) is 132 Å². The van der Waals surface area contributed by atoms with Crippen molar-refractivity contribution < 1.29 is 29.5 Å². The summed E-state index contributed by atoms with van der Waals surface area (Å²) in [5, 5.41) is 19.5. The zero-order valence-electron chi connectivity index (χ0n) is 12.1. The zero-order chi connectivity index (χ0) is 16.3. The highest BCUT2D eigenvalue weighted by atomic mass is 17.2. The lowest BCUT2D eigenvalue weighted by atomic mass is 10.1. The van der Waals surface area contributed by atoms with Crippen molar-refractivity contribution in [3.63, 3.8) is 0 Å². The van der Waals surface area contributed by atoms with Crippen LogP contribution in [0.15, 0.2) is 21.9 Å². The molecule has 1 saturated heterocycles. The van der Waals surface area contributed by atoms with Crippen molar-refractivity contribution in [3.05, 3.63) is 33.1 Å². The fourth-order valence-corrected chi connectivity index (χ4v) is 2.38. The first-order valence-electron chi connectivity index (χ1n) is 6.62. The van der Waals surface area contributed by atoms with Crippen molar-refractivity contribution in [2.45, 2.75) is 31.1 Å². The summed E-state index contributed by atoms with van der Waals surface area (Å²) in [6, 6.07) is 1.09. The first-order valence-corrected chi connectivity index (χ1v) is 6.62. The minimum atomic E-state index is -1.89. The number of rotatable bonds is 6. The van der Waals surface area contributed by atoms with E-state index < -0.39 is 42.1 Å². The Labute approximate surface area is 124 Å². The summed E-state index contributed by atoms with van der Waals surface area (Å²) >= 11 is 0. The summed E-state index contributed by atoms with van der Waals surface area (Å²) in [5.74, 6) is -1.89. The highest BCUT2D eigenvalue weighted by molar-refractivity contribution is 4.98. The van der Waals surface area contributed by atoms with Crippen LogP contribution in [0.1, 0.15) is 6.92 Å². The van der Waals surface area contributed by atoms with Gasteiger partial charge in [0.05, 0.1) is 13.7 Å². The number of nitrogens with zero attached hydrogens (tertiary/aromatic N) is 1. The Morgan fingerprint density at radius 2 is 2.23 bits per heavy atom. The molecular formula is C12H18N2O8. The molecule has 124 valence electrons. The molecule has 0 spiro atoms. The third kappa shape index (κ3) is 2.72. The molecule has 0 radical (unpaired) electrons. The van der Waals surface area contributed by atoms with E-state index in [1.54, 1.807) is 6.92 Å². The average molecular weight is 318 g/mol. The van der Waals surface area contributed by atoms with Crippen LogP contribution in [-0.4, -0.2) is 58.4 Å². The Morgan fingerprint density at radius 3 is 2.77 bits per heavy atom. The molecule has 4 atom stereocenters. The van der Waals surface area contributed by atoms with E-state index in [0.29, 0.717) is 0 Å². The molecule has 10 heteroatoms. The number of aromatic amines is 1. The van der Waals surface area contributed by atoms with Gasteiger partial charge in [-0.25, -0.2) is 19.1 Å². The van der Waals surface area contributed by atoms with Crippen molar-refractivity contribution in [2.75, 3.05) is 20.3 Å². The fourth-order valence-electron chi connectivity index (χ4n) is 2.38. The van der Waals surface area contributed by atoms with E-state index in [1.165, 1.54) is 7.11 Å². The maximum absolute atomic E-state index is 12.1. The number of hydrogen-bond donors (Lipinski definition) is 3. The molecule has 0 saturated carbocycles. The Balaban J connectivity index is 2.58. The molecule has 0 unspecified atom stereocenters. The van der Waals surface area contributed by atoms with Gasteiger partial charge in [0, 0.05) is 18.9 Å². The summed E-state index contributed by atoms with van der Waals surface area (Å²) < 4.78 is 12.0. The SMILES string of the molecule is CCO[C@@]1(n2ccc(=O)[nH]c2=O)O[C@H](CO)[C@@H](O)[C@H]1OOC. The van der Waals surface area contributed by atoms with Gasteiger partial charge in [-0.15, -0.1) is 0 Å². The Bertz CT molecular complexity index is 614. The molecule has 2 heterocycles. The Kier molecular flexibility index (Phi) is 5.11. The van der Waals surface area contributed by atoms with Gasteiger partial charge in [0.25, 0.3) is 11.5 Å². The van der Waals surface area contributed by atoms with Crippen LogP contribution in [0, 0.1) is 0 Å². The lowest BCUT2D eigenvalue weighted by Gasteiger charge is -2.33. The molecule has 22 heavy (non-hydrogen) atoms. The van der Waals surface area contributed by atoms with Gasteiger partial charge in [0.2, 0.25) is 0 Å². The molecule has 1 aromatic heterocycles. The highest BCUT2D eigenvalue weighted by Gasteiger charge is 2.59. The minimum absolute atomic E-state index is 0.0972. The number of hydrogen-bond acceptors (Lipinski definition) is 8.